The molecule has 0 spiro atoms. The summed E-state index contributed by atoms with van der Waals surface area (Å²) < 4.78 is 17.3. The van der Waals surface area contributed by atoms with Gasteiger partial charge in [0.15, 0.2) is 11.4 Å². The smallest absolute Gasteiger partial charge is 0.229 e. The number of hydrogen-bond acceptors (Lipinski definition) is 7. The fraction of sp³-hybridized carbons (Fsp3) is 0.316. The Kier molecular flexibility index (Phi) is 3.27. The van der Waals surface area contributed by atoms with Crippen molar-refractivity contribution in [3.63, 3.8) is 0 Å². The van der Waals surface area contributed by atoms with Gasteiger partial charge in [-0.25, -0.2) is 15.0 Å². The van der Waals surface area contributed by atoms with Gasteiger partial charge in [0.25, 0.3) is 0 Å². The maximum Gasteiger partial charge on any atom is 0.229 e. The van der Waals surface area contributed by atoms with Gasteiger partial charge in [-0.3, -0.25) is 0 Å². The second-order valence-electron chi connectivity index (χ2n) is 7.11. The molecular weight excluding hydrogens is 332 g/mol. The van der Waals surface area contributed by atoms with Gasteiger partial charge in [0.05, 0.1) is 36.1 Å². The van der Waals surface area contributed by atoms with E-state index in [0.29, 0.717) is 30.3 Å². The van der Waals surface area contributed by atoms with Crippen molar-refractivity contribution in [1.82, 2.24) is 15.0 Å². The highest BCUT2D eigenvalue weighted by molar-refractivity contribution is 6.04. The van der Waals surface area contributed by atoms with Gasteiger partial charge in [-0.1, -0.05) is 0 Å². The number of nitrogens with one attached hydrogen (secondary N) is 1. The minimum atomic E-state index is -0.213. The first kappa shape index (κ1) is 15.3. The van der Waals surface area contributed by atoms with Crippen molar-refractivity contribution in [2.75, 3.05) is 5.32 Å². The molecule has 26 heavy (non-hydrogen) atoms. The molecule has 0 fully saturated rings. The van der Waals surface area contributed by atoms with Crippen LogP contribution in [0.5, 0.6) is 0 Å². The van der Waals surface area contributed by atoms with Crippen LogP contribution >= 0.6 is 0 Å². The Bertz CT molecular complexity index is 1100. The van der Waals surface area contributed by atoms with Gasteiger partial charge in [-0.05, 0) is 32.0 Å². The minimum Gasteiger partial charge on any atom is -0.467 e. The number of nitrogens with zero attached hydrogens (tertiary/aromatic N) is 3. The van der Waals surface area contributed by atoms with Crippen LogP contribution in [0.3, 0.4) is 0 Å². The summed E-state index contributed by atoms with van der Waals surface area (Å²) in [6.07, 6.45) is 3.93. The van der Waals surface area contributed by atoms with Crippen molar-refractivity contribution in [1.29, 1.82) is 0 Å². The first-order chi connectivity index (χ1) is 12.6. The van der Waals surface area contributed by atoms with Crippen molar-refractivity contribution >= 4 is 28.0 Å². The Labute approximate surface area is 149 Å². The van der Waals surface area contributed by atoms with Crippen molar-refractivity contribution in [3.05, 3.63) is 47.8 Å². The fourth-order valence-electron chi connectivity index (χ4n) is 3.30. The summed E-state index contributed by atoms with van der Waals surface area (Å²) in [6.45, 7) is 5.21. The highest BCUT2D eigenvalue weighted by Gasteiger charge is 2.28. The van der Waals surface area contributed by atoms with Crippen LogP contribution in [0.15, 0.2) is 39.6 Å². The lowest BCUT2D eigenvalue weighted by atomic mass is 9.95. The van der Waals surface area contributed by atoms with Gasteiger partial charge >= 0.3 is 0 Å². The number of furan rings is 2. The molecule has 0 radical (unpaired) electrons. The second kappa shape index (κ2) is 5.54. The normalized spacial score (nSPS) is 16.1. The molecule has 1 aliphatic heterocycles. The highest BCUT2D eigenvalue weighted by Crippen LogP contribution is 2.34. The van der Waals surface area contributed by atoms with Crippen molar-refractivity contribution in [2.24, 2.45) is 0 Å². The third kappa shape index (κ3) is 2.52. The lowest BCUT2D eigenvalue weighted by molar-refractivity contribution is -0.0411. The molecule has 0 atom stereocenters. The van der Waals surface area contributed by atoms with Crippen LogP contribution in [0.2, 0.25) is 0 Å². The first-order valence-corrected chi connectivity index (χ1v) is 8.55. The number of aromatic nitrogens is 3. The van der Waals surface area contributed by atoms with Crippen LogP contribution in [0.1, 0.15) is 30.9 Å². The van der Waals surface area contributed by atoms with Crippen LogP contribution in [-0.2, 0) is 24.3 Å². The van der Waals surface area contributed by atoms with Crippen molar-refractivity contribution < 1.29 is 13.6 Å². The number of hydrogen-bond donors (Lipinski definition) is 1. The van der Waals surface area contributed by atoms with Gasteiger partial charge in [0, 0.05) is 12.0 Å². The monoisotopic (exact) mass is 350 g/mol. The van der Waals surface area contributed by atoms with Crippen LogP contribution in [0.25, 0.3) is 22.2 Å². The molecule has 4 aromatic heterocycles. The van der Waals surface area contributed by atoms with Crippen LogP contribution in [0.4, 0.5) is 5.82 Å². The predicted molar refractivity (Wildman–Crippen MR) is 95.7 cm³/mol. The Morgan fingerprint density at radius 2 is 2.19 bits per heavy atom. The van der Waals surface area contributed by atoms with Gasteiger partial charge in [-0.2, -0.15) is 0 Å². The molecule has 132 valence electrons. The molecule has 0 amide bonds. The third-order valence-corrected chi connectivity index (χ3v) is 4.64. The number of pyridine rings is 1. The highest BCUT2D eigenvalue weighted by atomic mass is 16.5. The van der Waals surface area contributed by atoms with E-state index in [0.717, 1.165) is 34.3 Å². The van der Waals surface area contributed by atoms with E-state index in [4.69, 9.17) is 18.6 Å². The number of fused-ring (bicyclic) bond motifs is 4. The lowest BCUT2D eigenvalue weighted by Crippen LogP contribution is -2.32. The average Bonchev–Trinajstić information content (AvgIpc) is 3.25. The summed E-state index contributed by atoms with van der Waals surface area (Å²) in [4.78, 5) is 13.5. The minimum absolute atomic E-state index is 0.213. The number of anilines is 1. The number of ether oxygens (including phenoxy) is 1. The van der Waals surface area contributed by atoms with E-state index in [9.17, 15) is 0 Å². The summed E-state index contributed by atoms with van der Waals surface area (Å²) in [5, 5.41) is 4.12. The molecule has 4 aromatic rings. The molecule has 0 saturated carbocycles. The van der Waals surface area contributed by atoms with E-state index in [1.165, 1.54) is 6.33 Å². The standard InChI is InChI=1S/C19H18N4O3/c1-19(2)7-14-11(9-25-19)6-13-15-16(26-18(13)23-14)17(22-10-21-15)20-8-12-4-3-5-24-12/h3-6,10H,7-9H2,1-2H3,(H,20,21,22). The largest absolute Gasteiger partial charge is 0.467 e. The molecule has 5 rings (SSSR count). The predicted octanol–water partition coefficient (Wildman–Crippen LogP) is 3.83. The van der Waals surface area contributed by atoms with E-state index in [1.807, 2.05) is 12.1 Å². The zero-order valence-electron chi connectivity index (χ0n) is 14.6. The molecular formula is C19H18N4O3. The summed E-state index contributed by atoms with van der Waals surface area (Å²) in [6, 6.07) is 5.83. The molecule has 0 aliphatic carbocycles. The zero-order valence-corrected chi connectivity index (χ0v) is 14.6. The summed E-state index contributed by atoms with van der Waals surface area (Å²) in [5.41, 5.74) is 3.82. The summed E-state index contributed by atoms with van der Waals surface area (Å²) >= 11 is 0. The van der Waals surface area contributed by atoms with Gasteiger partial charge < -0.3 is 18.9 Å². The molecule has 7 heteroatoms. The average molecular weight is 350 g/mol. The van der Waals surface area contributed by atoms with E-state index in [2.05, 4.69) is 35.2 Å². The Morgan fingerprint density at radius 1 is 1.27 bits per heavy atom. The van der Waals surface area contributed by atoms with Gasteiger partial charge in [-0.15, -0.1) is 0 Å². The summed E-state index contributed by atoms with van der Waals surface area (Å²) in [7, 11) is 0. The van der Waals surface area contributed by atoms with Crippen LogP contribution in [0, 0.1) is 0 Å². The molecule has 0 saturated heterocycles. The first-order valence-electron chi connectivity index (χ1n) is 8.55. The molecule has 5 heterocycles. The fourth-order valence-corrected chi connectivity index (χ4v) is 3.30. The quantitative estimate of drug-likeness (QED) is 0.601. The van der Waals surface area contributed by atoms with Gasteiger partial charge in [0.1, 0.15) is 17.6 Å². The Morgan fingerprint density at radius 3 is 3.04 bits per heavy atom. The van der Waals surface area contributed by atoms with E-state index in [-0.39, 0.29) is 5.60 Å². The summed E-state index contributed by atoms with van der Waals surface area (Å²) in [5.74, 6) is 1.44. The van der Waals surface area contributed by atoms with Crippen molar-refractivity contribution in [2.45, 2.75) is 39.0 Å². The van der Waals surface area contributed by atoms with E-state index >= 15 is 0 Å². The maximum atomic E-state index is 6.02. The maximum absolute atomic E-state index is 6.02. The van der Waals surface area contributed by atoms with Crippen LogP contribution in [-0.4, -0.2) is 20.6 Å². The third-order valence-electron chi connectivity index (χ3n) is 4.64. The van der Waals surface area contributed by atoms with Crippen molar-refractivity contribution in [3.8, 4) is 0 Å². The topological polar surface area (TPSA) is 86.2 Å². The lowest BCUT2D eigenvalue weighted by Gasteiger charge is -2.30. The number of rotatable bonds is 3. The Balaban J connectivity index is 1.59. The second-order valence-corrected chi connectivity index (χ2v) is 7.11. The zero-order chi connectivity index (χ0) is 17.7. The Hall–Kier alpha value is -2.93. The molecule has 1 aliphatic rings. The molecule has 1 N–H and O–H groups in total. The van der Waals surface area contributed by atoms with Gasteiger partial charge in [0.2, 0.25) is 5.71 Å². The molecule has 0 aromatic carbocycles. The van der Waals surface area contributed by atoms with E-state index < -0.39 is 0 Å². The molecule has 0 unspecified atom stereocenters. The molecule has 7 nitrogen and oxygen atoms in total. The van der Waals surface area contributed by atoms with E-state index in [1.54, 1.807) is 6.26 Å². The SMILES string of the molecule is CC1(C)Cc2nc3oc4c(NCc5ccco5)ncnc4c3cc2CO1. The molecule has 0 bridgehead atoms. The van der Waals surface area contributed by atoms with Crippen LogP contribution < -0.4 is 5.32 Å².